The summed E-state index contributed by atoms with van der Waals surface area (Å²) in [7, 11) is 1.90. The standard InChI is InChI=1S/C23H22N4O/c1-15(17-9-5-4-6-10-17)25-23(28)19-13-22(20-14-24-27(3)16(20)2)26-21-12-8-7-11-18(19)21/h4-15H,1-3H3,(H,25,28). The second-order valence-electron chi connectivity index (χ2n) is 6.95. The van der Waals surface area contributed by atoms with Crippen LogP contribution in [0.3, 0.4) is 0 Å². The second-order valence-corrected chi connectivity index (χ2v) is 6.95. The molecule has 0 saturated heterocycles. The lowest BCUT2D eigenvalue weighted by Gasteiger charge is -2.16. The summed E-state index contributed by atoms with van der Waals surface area (Å²) in [6.45, 7) is 3.99. The number of fused-ring (bicyclic) bond motifs is 1. The van der Waals surface area contributed by atoms with Crippen molar-refractivity contribution in [3.63, 3.8) is 0 Å². The summed E-state index contributed by atoms with van der Waals surface area (Å²) in [5, 5.41) is 8.27. The van der Waals surface area contributed by atoms with Crippen LogP contribution >= 0.6 is 0 Å². The summed E-state index contributed by atoms with van der Waals surface area (Å²) in [6, 6.07) is 19.4. The minimum Gasteiger partial charge on any atom is -0.345 e. The molecule has 0 fully saturated rings. The number of nitrogens with one attached hydrogen (secondary N) is 1. The van der Waals surface area contributed by atoms with Crippen molar-refractivity contribution in [1.29, 1.82) is 0 Å². The molecule has 5 heteroatoms. The molecule has 0 saturated carbocycles. The average Bonchev–Trinajstić information content (AvgIpc) is 3.06. The SMILES string of the molecule is Cc1c(-c2cc(C(=O)NC(C)c3ccccc3)c3ccccc3n2)cnn1C. The molecule has 1 amide bonds. The molecule has 5 nitrogen and oxygen atoms in total. The molecule has 0 radical (unpaired) electrons. The van der Waals surface area contributed by atoms with Gasteiger partial charge in [-0.05, 0) is 31.5 Å². The van der Waals surface area contributed by atoms with Crippen LogP contribution in [-0.2, 0) is 7.05 Å². The highest BCUT2D eigenvalue weighted by Gasteiger charge is 2.18. The van der Waals surface area contributed by atoms with Crippen LogP contribution in [0.4, 0.5) is 0 Å². The number of benzene rings is 2. The normalized spacial score (nSPS) is 12.1. The molecule has 2 aromatic heterocycles. The van der Waals surface area contributed by atoms with Crippen molar-refractivity contribution in [3.05, 3.63) is 83.7 Å². The second kappa shape index (κ2) is 7.27. The first-order valence-corrected chi connectivity index (χ1v) is 9.29. The van der Waals surface area contributed by atoms with Gasteiger partial charge in [-0.25, -0.2) is 4.98 Å². The number of aryl methyl sites for hydroxylation is 1. The van der Waals surface area contributed by atoms with Crippen LogP contribution < -0.4 is 5.32 Å². The summed E-state index contributed by atoms with van der Waals surface area (Å²) in [4.78, 5) is 17.9. The molecule has 1 atom stereocenters. The monoisotopic (exact) mass is 370 g/mol. The van der Waals surface area contributed by atoms with Crippen LogP contribution in [-0.4, -0.2) is 20.7 Å². The molecule has 0 aliphatic rings. The molecule has 2 aromatic carbocycles. The molecule has 0 aliphatic heterocycles. The Morgan fingerprint density at radius 3 is 2.50 bits per heavy atom. The number of pyridine rings is 1. The van der Waals surface area contributed by atoms with Gasteiger partial charge in [0.25, 0.3) is 5.91 Å². The highest BCUT2D eigenvalue weighted by Crippen LogP contribution is 2.27. The predicted octanol–water partition coefficient (Wildman–Crippen LogP) is 4.43. The van der Waals surface area contributed by atoms with Crippen LogP contribution in [0.25, 0.3) is 22.2 Å². The molecule has 1 N–H and O–H groups in total. The van der Waals surface area contributed by atoms with Crippen molar-refractivity contribution >= 4 is 16.8 Å². The van der Waals surface area contributed by atoms with Crippen LogP contribution in [0, 0.1) is 6.92 Å². The quantitative estimate of drug-likeness (QED) is 0.578. The topological polar surface area (TPSA) is 59.8 Å². The maximum atomic E-state index is 13.2. The first-order valence-electron chi connectivity index (χ1n) is 9.29. The van der Waals surface area contributed by atoms with Crippen molar-refractivity contribution in [2.45, 2.75) is 19.9 Å². The van der Waals surface area contributed by atoms with Crippen LogP contribution in [0.2, 0.25) is 0 Å². The van der Waals surface area contributed by atoms with E-state index in [1.54, 1.807) is 6.20 Å². The van der Waals surface area contributed by atoms with Gasteiger partial charge in [-0.3, -0.25) is 9.48 Å². The number of rotatable bonds is 4. The minimum absolute atomic E-state index is 0.0933. The van der Waals surface area contributed by atoms with E-state index in [2.05, 4.69) is 10.4 Å². The van der Waals surface area contributed by atoms with E-state index < -0.39 is 0 Å². The summed E-state index contributed by atoms with van der Waals surface area (Å²) in [5.74, 6) is -0.113. The molecule has 2 heterocycles. The van der Waals surface area contributed by atoms with Crippen molar-refractivity contribution in [2.24, 2.45) is 7.05 Å². The number of aromatic nitrogens is 3. The van der Waals surface area contributed by atoms with Crippen LogP contribution in [0.1, 0.15) is 34.6 Å². The van der Waals surface area contributed by atoms with E-state index in [0.29, 0.717) is 5.56 Å². The van der Waals surface area contributed by atoms with Crippen molar-refractivity contribution in [1.82, 2.24) is 20.1 Å². The zero-order valence-corrected chi connectivity index (χ0v) is 16.2. The van der Waals surface area contributed by atoms with E-state index in [0.717, 1.165) is 33.4 Å². The predicted molar refractivity (Wildman–Crippen MR) is 111 cm³/mol. The van der Waals surface area contributed by atoms with E-state index in [1.165, 1.54) is 0 Å². The lowest BCUT2D eigenvalue weighted by molar-refractivity contribution is 0.0941. The van der Waals surface area contributed by atoms with Crippen molar-refractivity contribution in [3.8, 4) is 11.3 Å². The van der Waals surface area contributed by atoms with Crippen LogP contribution in [0.5, 0.6) is 0 Å². The Kier molecular flexibility index (Phi) is 4.65. The largest absolute Gasteiger partial charge is 0.345 e. The molecule has 4 aromatic rings. The fraction of sp³-hybridized carbons (Fsp3) is 0.174. The summed E-state index contributed by atoms with van der Waals surface area (Å²) in [5.41, 5.74) is 5.16. The van der Waals surface area contributed by atoms with Gasteiger partial charge >= 0.3 is 0 Å². The first kappa shape index (κ1) is 17.9. The van der Waals surface area contributed by atoms with Gasteiger partial charge in [0.05, 0.1) is 29.0 Å². The molecular weight excluding hydrogens is 348 g/mol. The Hall–Kier alpha value is -3.47. The van der Waals surface area contributed by atoms with Crippen LogP contribution in [0.15, 0.2) is 66.9 Å². The third-order valence-corrected chi connectivity index (χ3v) is 5.12. The molecule has 1 unspecified atom stereocenters. The molecule has 0 spiro atoms. The number of amides is 1. The number of hydrogen-bond acceptors (Lipinski definition) is 3. The van der Waals surface area contributed by atoms with E-state index in [4.69, 9.17) is 4.98 Å². The van der Waals surface area contributed by atoms with Gasteiger partial charge in [-0.2, -0.15) is 5.10 Å². The lowest BCUT2D eigenvalue weighted by Crippen LogP contribution is -2.27. The van der Waals surface area contributed by atoms with Gasteiger partial charge < -0.3 is 5.32 Å². The third-order valence-electron chi connectivity index (χ3n) is 5.12. The van der Waals surface area contributed by atoms with E-state index in [-0.39, 0.29) is 11.9 Å². The number of carbonyl (C=O) groups excluding carboxylic acids is 1. The summed E-state index contributed by atoms with van der Waals surface area (Å²) < 4.78 is 1.81. The Morgan fingerprint density at radius 1 is 1.07 bits per heavy atom. The van der Waals surface area contributed by atoms with E-state index in [9.17, 15) is 4.79 Å². The summed E-state index contributed by atoms with van der Waals surface area (Å²) in [6.07, 6.45) is 1.79. The maximum Gasteiger partial charge on any atom is 0.252 e. The first-order chi connectivity index (χ1) is 13.5. The average molecular weight is 370 g/mol. The smallest absolute Gasteiger partial charge is 0.252 e. The van der Waals surface area contributed by atoms with Gasteiger partial charge in [-0.1, -0.05) is 48.5 Å². The Morgan fingerprint density at radius 2 is 1.79 bits per heavy atom. The number of nitrogens with zero attached hydrogens (tertiary/aromatic N) is 3. The van der Waals surface area contributed by atoms with Gasteiger partial charge in [0.2, 0.25) is 0 Å². The fourth-order valence-corrected chi connectivity index (χ4v) is 3.35. The van der Waals surface area contributed by atoms with Crippen molar-refractivity contribution < 1.29 is 4.79 Å². The Balaban J connectivity index is 1.77. The van der Waals surface area contributed by atoms with Gasteiger partial charge in [-0.15, -0.1) is 0 Å². The third kappa shape index (κ3) is 3.27. The molecule has 0 aliphatic carbocycles. The fourth-order valence-electron chi connectivity index (χ4n) is 3.35. The number of carbonyl (C=O) groups is 1. The molecule has 140 valence electrons. The zero-order chi connectivity index (χ0) is 19.7. The van der Waals surface area contributed by atoms with E-state index in [1.807, 2.05) is 86.2 Å². The molecule has 28 heavy (non-hydrogen) atoms. The lowest BCUT2D eigenvalue weighted by atomic mass is 10.0. The Bertz CT molecular complexity index is 1150. The molecule has 0 bridgehead atoms. The van der Waals surface area contributed by atoms with Gasteiger partial charge in [0.15, 0.2) is 0 Å². The molecular formula is C23H22N4O. The number of para-hydroxylation sites is 1. The minimum atomic E-state index is -0.113. The van der Waals surface area contributed by atoms with Gasteiger partial charge in [0.1, 0.15) is 0 Å². The highest BCUT2D eigenvalue weighted by atomic mass is 16.1. The Labute approximate surface area is 164 Å². The maximum absolute atomic E-state index is 13.2. The van der Waals surface area contributed by atoms with E-state index >= 15 is 0 Å². The highest BCUT2D eigenvalue weighted by molar-refractivity contribution is 6.07. The zero-order valence-electron chi connectivity index (χ0n) is 16.2. The van der Waals surface area contributed by atoms with Crippen molar-refractivity contribution in [2.75, 3.05) is 0 Å². The molecule has 4 rings (SSSR count). The number of hydrogen-bond donors (Lipinski definition) is 1. The van der Waals surface area contributed by atoms with Gasteiger partial charge in [0, 0.05) is 23.7 Å². The summed E-state index contributed by atoms with van der Waals surface area (Å²) >= 11 is 0.